The summed E-state index contributed by atoms with van der Waals surface area (Å²) in [6.45, 7) is -0.552. The molecule has 1 heterocycles. The van der Waals surface area contributed by atoms with Crippen LogP contribution in [0, 0.1) is 11.6 Å². The van der Waals surface area contributed by atoms with Gasteiger partial charge in [-0.3, -0.25) is 10.1 Å². The second-order valence-corrected chi connectivity index (χ2v) is 10.4. The summed E-state index contributed by atoms with van der Waals surface area (Å²) in [5.41, 5.74) is 7.26. The first-order valence-electron chi connectivity index (χ1n) is 14.2. The third-order valence-electron chi connectivity index (χ3n) is 7.23. The van der Waals surface area contributed by atoms with E-state index in [1.54, 1.807) is 0 Å². The average molecular weight is 655 g/mol. The number of halogens is 6. The topological polar surface area (TPSA) is 124 Å². The molecule has 1 aliphatic rings. The number of hydrogen-bond acceptors (Lipinski definition) is 7. The second-order valence-electron chi connectivity index (χ2n) is 10.4. The predicted octanol–water partition coefficient (Wildman–Crippen LogP) is 4.90. The van der Waals surface area contributed by atoms with E-state index in [-0.39, 0.29) is 48.6 Å². The Bertz CT molecular complexity index is 1470. The first-order chi connectivity index (χ1) is 21.9. The molecule has 0 unspecified atom stereocenters. The Morgan fingerprint density at radius 1 is 1.04 bits per heavy atom. The second kappa shape index (κ2) is 15.8. The Kier molecular flexibility index (Phi) is 11.8. The molecule has 1 fully saturated rings. The number of hydrogen-bond donors (Lipinski definition) is 4. The summed E-state index contributed by atoms with van der Waals surface area (Å²) in [6, 6.07) is 12.4. The lowest BCUT2D eigenvalue weighted by molar-refractivity contribution is -0.274. The van der Waals surface area contributed by atoms with Gasteiger partial charge in [0.15, 0.2) is 6.80 Å². The fraction of sp³-hybridized carbons (Fsp3) is 0.355. The van der Waals surface area contributed by atoms with Gasteiger partial charge in [-0.05, 0) is 60.4 Å². The van der Waals surface area contributed by atoms with Crippen LogP contribution < -0.4 is 26.4 Å². The van der Waals surface area contributed by atoms with Gasteiger partial charge in [0, 0.05) is 23.7 Å². The maximum Gasteiger partial charge on any atom is 0.573 e. The van der Waals surface area contributed by atoms with E-state index >= 15 is 4.39 Å². The number of nitrogens with two attached hydrogens (primary N) is 1. The lowest BCUT2D eigenvalue weighted by Gasteiger charge is -2.30. The van der Waals surface area contributed by atoms with E-state index in [1.807, 2.05) is 5.32 Å². The van der Waals surface area contributed by atoms with Crippen LogP contribution in [0.4, 0.5) is 36.8 Å². The molecule has 9 nitrogen and oxygen atoms in total. The molecule has 15 heteroatoms. The van der Waals surface area contributed by atoms with E-state index in [0.717, 1.165) is 24.3 Å². The van der Waals surface area contributed by atoms with Crippen LogP contribution in [0.2, 0.25) is 0 Å². The van der Waals surface area contributed by atoms with Gasteiger partial charge in [0.05, 0.1) is 24.8 Å². The third-order valence-corrected chi connectivity index (χ3v) is 7.23. The summed E-state index contributed by atoms with van der Waals surface area (Å²) in [4.78, 5) is 24.8. The number of benzene rings is 3. The fourth-order valence-electron chi connectivity index (χ4n) is 5.03. The highest BCUT2D eigenvalue weighted by molar-refractivity contribution is 5.96. The smallest absolute Gasteiger partial charge is 0.448 e. The molecule has 0 spiro atoms. The monoisotopic (exact) mass is 654 g/mol. The van der Waals surface area contributed by atoms with Crippen molar-refractivity contribution in [3.63, 3.8) is 0 Å². The Morgan fingerprint density at radius 3 is 2.46 bits per heavy atom. The van der Waals surface area contributed by atoms with Gasteiger partial charge in [-0.15, -0.1) is 13.2 Å². The zero-order valence-electron chi connectivity index (χ0n) is 24.3. The maximum atomic E-state index is 15.0. The molecule has 0 aliphatic carbocycles. The zero-order valence-corrected chi connectivity index (χ0v) is 24.3. The quantitative estimate of drug-likeness (QED) is 0.162. The van der Waals surface area contributed by atoms with Crippen molar-refractivity contribution in [2.45, 2.75) is 43.3 Å². The standard InChI is InChI=1S/C31H32F6N4O5/c32-17-40-30(43)45-16-21-15-44-23(14-39-21)11-12-24-25(34)5-2-6-26(24)41-29(42)28(38)27(18-7-9-20(33)10-8-18)19-3-1-4-22(13-19)46-31(35,36)37/h1-10,13,21,23,27-28,39H,11-12,14-17,38H2,(H,40,43)(H,41,42)/t21-,23+,27-,28-/m0/s1. The van der Waals surface area contributed by atoms with Crippen molar-refractivity contribution in [3.8, 4) is 5.75 Å². The van der Waals surface area contributed by atoms with E-state index in [2.05, 4.69) is 15.4 Å². The van der Waals surface area contributed by atoms with Crippen LogP contribution in [-0.4, -0.2) is 63.1 Å². The first kappa shape index (κ1) is 34.5. The van der Waals surface area contributed by atoms with Crippen LogP contribution in [0.5, 0.6) is 5.75 Å². The average Bonchev–Trinajstić information content (AvgIpc) is 3.01. The van der Waals surface area contributed by atoms with Crippen molar-refractivity contribution in [2.24, 2.45) is 5.73 Å². The van der Waals surface area contributed by atoms with Gasteiger partial charge in [0.2, 0.25) is 5.91 Å². The molecule has 248 valence electrons. The minimum Gasteiger partial charge on any atom is -0.448 e. The molecule has 4 rings (SSSR count). The minimum absolute atomic E-state index is 0.0408. The number of carbonyl (C=O) groups is 2. The van der Waals surface area contributed by atoms with Crippen molar-refractivity contribution in [1.82, 2.24) is 10.6 Å². The molecule has 1 saturated heterocycles. The number of carbonyl (C=O) groups excluding carboxylic acids is 2. The molecule has 46 heavy (non-hydrogen) atoms. The highest BCUT2D eigenvalue weighted by Crippen LogP contribution is 2.33. The molecular formula is C31H32F6N4O5. The Hall–Kier alpha value is -4.34. The van der Waals surface area contributed by atoms with Gasteiger partial charge in [0.1, 0.15) is 24.0 Å². The number of rotatable bonds is 12. The molecule has 0 aromatic heterocycles. The van der Waals surface area contributed by atoms with Crippen LogP contribution in [0.15, 0.2) is 66.7 Å². The van der Waals surface area contributed by atoms with Crippen LogP contribution in [-0.2, 0) is 20.7 Å². The maximum absolute atomic E-state index is 15.0. The van der Waals surface area contributed by atoms with Gasteiger partial charge < -0.3 is 30.6 Å². The lowest BCUT2D eigenvalue weighted by atomic mass is 9.84. The number of nitrogens with one attached hydrogen (secondary N) is 3. The Balaban J connectivity index is 1.45. The first-order valence-corrected chi connectivity index (χ1v) is 14.2. The highest BCUT2D eigenvalue weighted by Gasteiger charge is 2.33. The fourth-order valence-corrected chi connectivity index (χ4v) is 5.03. The van der Waals surface area contributed by atoms with E-state index in [4.69, 9.17) is 15.2 Å². The van der Waals surface area contributed by atoms with Crippen molar-refractivity contribution in [3.05, 3.63) is 95.1 Å². The summed E-state index contributed by atoms with van der Waals surface area (Å²) in [5.74, 6) is -3.49. The molecule has 4 atom stereocenters. The molecule has 0 saturated carbocycles. The molecule has 5 N–H and O–H groups in total. The summed E-state index contributed by atoms with van der Waals surface area (Å²) in [5, 5.41) is 7.66. The van der Waals surface area contributed by atoms with Crippen LogP contribution in [0.25, 0.3) is 0 Å². The number of alkyl carbamates (subject to hydrolysis) is 1. The van der Waals surface area contributed by atoms with Gasteiger partial charge in [-0.25, -0.2) is 18.0 Å². The van der Waals surface area contributed by atoms with Crippen molar-refractivity contribution in [2.75, 3.05) is 31.9 Å². The van der Waals surface area contributed by atoms with Crippen LogP contribution >= 0.6 is 0 Å². The summed E-state index contributed by atoms with van der Waals surface area (Å²) in [7, 11) is 0. The zero-order chi connectivity index (χ0) is 33.3. The third kappa shape index (κ3) is 9.83. The van der Waals surface area contributed by atoms with E-state index in [9.17, 15) is 31.5 Å². The predicted molar refractivity (Wildman–Crippen MR) is 155 cm³/mol. The van der Waals surface area contributed by atoms with Crippen LogP contribution in [0.3, 0.4) is 0 Å². The summed E-state index contributed by atoms with van der Waals surface area (Å²) >= 11 is 0. The van der Waals surface area contributed by atoms with Crippen molar-refractivity contribution in [1.29, 1.82) is 0 Å². The number of amides is 2. The van der Waals surface area contributed by atoms with Crippen LogP contribution in [0.1, 0.15) is 29.0 Å². The Morgan fingerprint density at radius 2 is 1.78 bits per heavy atom. The molecular weight excluding hydrogens is 622 g/mol. The number of morpholine rings is 1. The molecule has 2 amide bonds. The molecule has 1 aliphatic heterocycles. The number of ether oxygens (including phenoxy) is 3. The van der Waals surface area contributed by atoms with Gasteiger partial charge in [0.25, 0.3) is 0 Å². The summed E-state index contributed by atoms with van der Waals surface area (Å²) in [6.07, 6.45) is -5.68. The van der Waals surface area contributed by atoms with E-state index in [0.29, 0.717) is 18.5 Å². The van der Waals surface area contributed by atoms with Crippen molar-refractivity contribution >= 4 is 17.7 Å². The van der Waals surface area contributed by atoms with E-state index < -0.39 is 54.5 Å². The minimum atomic E-state index is -4.96. The van der Waals surface area contributed by atoms with Gasteiger partial charge >= 0.3 is 12.5 Å². The number of alkyl halides is 4. The van der Waals surface area contributed by atoms with Crippen molar-refractivity contribution < 1.29 is 50.1 Å². The number of anilines is 1. The van der Waals surface area contributed by atoms with E-state index in [1.165, 1.54) is 42.5 Å². The SMILES string of the molecule is N[C@H](C(=O)Nc1cccc(F)c1CC[C@@H]1CN[C@H](COC(=O)NCF)CO1)[C@@H](c1ccc(F)cc1)c1cccc(OC(F)(F)F)c1. The lowest BCUT2D eigenvalue weighted by Crippen LogP contribution is -2.49. The highest BCUT2D eigenvalue weighted by atomic mass is 19.4. The van der Waals surface area contributed by atoms with Gasteiger partial charge in [-0.1, -0.05) is 30.3 Å². The molecule has 0 bridgehead atoms. The largest absolute Gasteiger partial charge is 0.573 e. The van der Waals surface area contributed by atoms with Gasteiger partial charge in [-0.2, -0.15) is 0 Å². The molecule has 3 aromatic rings. The summed E-state index contributed by atoms with van der Waals surface area (Å²) < 4.78 is 94.3. The molecule has 3 aromatic carbocycles. The Labute approximate surface area is 260 Å². The normalized spacial score (nSPS) is 17.9. The molecule has 0 radical (unpaired) electrons.